The van der Waals surface area contributed by atoms with Crippen molar-refractivity contribution in [3.63, 3.8) is 0 Å². The minimum Gasteiger partial charge on any atom is -0.488 e. The molecule has 2 amide bonds. The number of aromatic nitrogens is 5. The zero-order valence-corrected chi connectivity index (χ0v) is 26.7. The molecule has 11 heteroatoms. The molecule has 6 rings (SSSR count). The van der Waals surface area contributed by atoms with Crippen molar-refractivity contribution >= 4 is 39.9 Å². The number of urea groups is 1. The Bertz CT molecular complexity index is 2000. The zero-order valence-electron chi connectivity index (χ0n) is 26.7. The molecule has 3 aromatic heterocycles. The number of hydrogen-bond acceptors (Lipinski definition) is 8. The Labute approximate surface area is 273 Å². The Balaban J connectivity index is 1.20. The van der Waals surface area contributed by atoms with Gasteiger partial charge >= 0.3 is 6.03 Å². The van der Waals surface area contributed by atoms with E-state index in [0.717, 1.165) is 33.3 Å². The zero-order chi connectivity index (χ0) is 32.8. The number of fused-ring (bicyclic) bond motifs is 1. The highest BCUT2D eigenvalue weighted by Crippen LogP contribution is 2.33. The molecular weight excluding hydrogens is 592 g/mol. The minimum atomic E-state index is -0.390. The normalized spacial score (nSPS) is 11.3. The lowest BCUT2D eigenvalue weighted by atomic mass is 9.92. The Morgan fingerprint density at radius 1 is 0.809 bits per heavy atom. The summed E-state index contributed by atoms with van der Waals surface area (Å²) in [5, 5.41) is 15.8. The van der Waals surface area contributed by atoms with Crippen LogP contribution in [-0.4, -0.2) is 37.9 Å². The van der Waals surface area contributed by atoms with Crippen LogP contribution < -0.4 is 20.7 Å². The number of benzene rings is 3. The second-order valence-electron chi connectivity index (χ2n) is 12.0. The van der Waals surface area contributed by atoms with Crippen molar-refractivity contribution in [1.82, 2.24) is 24.7 Å². The van der Waals surface area contributed by atoms with Crippen molar-refractivity contribution in [2.45, 2.75) is 39.4 Å². The van der Waals surface area contributed by atoms with Gasteiger partial charge in [0.25, 0.3) is 0 Å². The van der Waals surface area contributed by atoms with Crippen molar-refractivity contribution in [3.8, 4) is 11.4 Å². The van der Waals surface area contributed by atoms with Gasteiger partial charge in [0.05, 0.1) is 29.9 Å². The number of nitrogens with one attached hydrogen (secondary N) is 3. The van der Waals surface area contributed by atoms with E-state index < -0.39 is 6.03 Å². The number of hydrogen-bond donors (Lipinski definition) is 3. The summed E-state index contributed by atoms with van der Waals surface area (Å²) in [5.74, 6) is 2.49. The Kier molecular flexibility index (Phi) is 9.07. The molecule has 3 aromatic carbocycles. The van der Waals surface area contributed by atoms with E-state index in [2.05, 4.69) is 51.7 Å². The molecule has 0 saturated carbocycles. The first-order valence-corrected chi connectivity index (χ1v) is 15.2. The topological polar surface area (TPSA) is 128 Å². The van der Waals surface area contributed by atoms with Gasteiger partial charge in [-0.05, 0) is 47.5 Å². The maximum atomic E-state index is 13.5. The first-order valence-electron chi connectivity index (χ1n) is 15.2. The summed E-state index contributed by atoms with van der Waals surface area (Å²) >= 11 is 0. The van der Waals surface area contributed by atoms with E-state index in [1.54, 1.807) is 36.6 Å². The maximum Gasteiger partial charge on any atom is 0.324 e. The summed E-state index contributed by atoms with van der Waals surface area (Å²) in [6, 6.07) is 24.7. The predicted octanol–water partition coefficient (Wildman–Crippen LogP) is 7.62. The van der Waals surface area contributed by atoms with E-state index in [9.17, 15) is 4.79 Å². The number of ether oxygens (including phenoxy) is 2. The number of pyridine rings is 1. The summed E-state index contributed by atoms with van der Waals surface area (Å²) < 4.78 is 13.3. The standard InChI is InChI=1S/C36H36N8O3/c1-36(2,3)31-20-34(44(43-31)26-9-7-8-24(18-26)22-46-4)42-35(45)40-29-12-13-30(28-11-6-5-10-27(28)29)47-23-25-14-15-38-32(19-25)41-33-21-37-16-17-39-33/h5-21H,22-23H2,1-4H3,(H,38,39,41)(H2,40,42,45). The molecule has 0 aliphatic heterocycles. The number of nitrogens with zero attached hydrogens (tertiary/aromatic N) is 5. The van der Waals surface area contributed by atoms with Gasteiger partial charge in [0.15, 0.2) is 0 Å². The maximum absolute atomic E-state index is 13.5. The molecule has 0 saturated heterocycles. The van der Waals surface area contributed by atoms with Gasteiger partial charge in [-0.1, -0.05) is 57.2 Å². The number of amides is 2. The van der Waals surface area contributed by atoms with Crippen LogP contribution in [0.5, 0.6) is 5.75 Å². The number of rotatable bonds is 10. The Morgan fingerprint density at radius 2 is 1.62 bits per heavy atom. The molecule has 0 aliphatic carbocycles. The third-order valence-corrected chi connectivity index (χ3v) is 7.36. The minimum absolute atomic E-state index is 0.223. The highest BCUT2D eigenvalue weighted by molar-refractivity contribution is 6.07. The highest BCUT2D eigenvalue weighted by atomic mass is 16.5. The molecule has 0 radical (unpaired) electrons. The summed E-state index contributed by atoms with van der Waals surface area (Å²) in [7, 11) is 1.66. The first-order chi connectivity index (χ1) is 22.8. The monoisotopic (exact) mass is 628 g/mol. The van der Waals surface area contributed by atoms with Gasteiger partial charge in [-0.15, -0.1) is 0 Å². The van der Waals surface area contributed by atoms with Gasteiger partial charge in [-0.3, -0.25) is 10.3 Å². The molecule has 0 unspecified atom stereocenters. The second kappa shape index (κ2) is 13.7. The number of carbonyl (C=O) groups is 1. The third kappa shape index (κ3) is 7.54. The summed E-state index contributed by atoms with van der Waals surface area (Å²) in [6.07, 6.45) is 6.58. The fourth-order valence-electron chi connectivity index (χ4n) is 5.04. The van der Waals surface area contributed by atoms with Crippen LogP contribution in [0.2, 0.25) is 0 Å². The van der Waals surface area contributed by atoms with Crippen LogP contribution in [0.25, 0.3) is 16.5 Å². The van der Waals surface area contributed by atoms with Crippen molar-refractivity contribution in [1.29, 1.82) is 0 Å². The lowest BCUT2D eigenvalue weighted by Gasteiger charge is -2.15. The van der Waals surface area contributed by atoms with Crippen LogP contribution in [0.3, 0.4) is 0 Å². The third-order valence-electron chi connectivity index (χ3n) is 7.36. The molecule has 0 bridgehead atoms. The SMILES string of the molecule is COCc1cccc(-n2nc(C(C)(C)C)cc2NC(=O)Nc2ccc(OCc3ccnc(Nc4cnccn4)c3)c3ccccc23)c1. The van der Waals surface area contributed by atoms with Crippen LogP contribution >= 0.6 is 0 Å². The first kappa shape index (κ1) is 31.2. The molecule has 47 heavy (non-hydrogen) atoms. The van der Waals surface area contributed by atoms with E-state index in [1.165, 1.54) is 0 Å². The fourth-order valence-corrected chi connectivity index (χ4v) is 5.04. The average molecular weight is 629 g/mol. The Hall–Kier alpha value is -5.81. The smallest absolute Gasteiger partial charge is 0.324 e. The van der Waals surface area contributed by atoms with Crippen molar-refractivity contribution in [3.05, 3.63) is 120 Å². The highest BCUT2D eigenvalue weighted by Gasteiger charge is 2.22. The van der Waals surface area contributed by atoms with E-state index in [1.807, 2.05) is 78.9 Å². The molecule has 3 heterocycles. The van der Waals surface area contributed by atoms with Crippen LogP contribution in [0.15, 0.2) is 104 Å². The fraction of sp³-hybridized carbons (Fsp3) is 0.194. The van der Waals surface area contributed by atoms with Gasteiger partial charge in [0.1, 0.15) is 29.8 Å². The molecule has 0 aliphatic rings. The molecule has 0 fully saturated rings. The molecule has 238 valence electrons. The second-order valence-corrected chi connectivity index (χ2v) is 12.0. The quantitative estimate of drug-likeness (QED) is 0.141. The molecule has 11 nitrogen and oxygen atoms in total. The summed E-state index contributed by atoms with van der Waals surface area (Å²) in [5.41, 5.74) is 4.03. The number of anilines is 4. The lowest BCUT2D eigenvalue weighted by Crippen LogP contribution is -2.21. The van der Waals surface area contributed by atoms with Crippen LogP contribution in [0.1, 0.15) is 37.6 Å². The lowest BCUT2D eigenvalue weighted by molar-refractivity contribution is 0.185. The Morgan fingerprint density at radius 3 is 2.40 bits per heavy atom. The average Bonchev–Trinajstić information content (AvgIpc) is 3.50. The van der Waals surface area contributed by atoms with Crippen molar-refractivity contribution < 1.29 is 14.3 Å². The van der Waals surface area contributed by atoms with Gasteiger partial charge in [0.2, 0.25) is 0 Å². The van der Waals surface area contributed by atoms with E-state index in [4.69, 9.17) is 14.6 Å². The molecular formula is C36H36N8O3. The summed E-state index contributed by atoms with van der Waals surface area (Å²) in [6.45, 7) is 7.06. The molecule has 0 spiro atoms. The van der Waals surface area contributed by atoms with Gasteiger partial charge < -0.3 is 20.1 Å². The van der Waals surface area contributed by atoms with Crippen molar-refractivity contribution in [2.24, 2.45) is 0 Å². The number of methoxy groups -OCH3 is 1. The van der Waals surface area contributed by atoms with E-state index in [-0.39, 0.29) is 5.41 Å². The summed E-state index contributed by atoms with van der Waals surface area (Å²) in [4.78, 5) is 26.1. The van der Waals surface area contributed by atoms with Crippen molar-refractivity contribution in [2.75, 3.05) is 23.1 Å². The van der Waals surface area contributed by atoms with Gasteiger partial charge in [-0.25, -0.2) is 19.4 Å². The molecule has 6 aromatic rings. The van der Waals surface area contributed by atoms with Crippen LogP contribution in [0, 0.1) is 0 Å². The number of carbonyl (C=O) groups excluding carboxylic acids is 1. The van der Waals surface area contributed by atoms with Crippen LogP contribution in [0.4, 0.5) is 27.9 Å². The van der Waals surface area contributed by atoms with E-state index >= 15 is 0 Å². The largest absolute Gasteiger partial charge is 0.488 e. The van der Waals surface area contributed by atoms with Gasteiger partial charge in [-0.2, -0.15) is 5.10 Å². The van der Waals surface area contributed by atoms with E-state index in [0.29, 0.717) is 42.1 Å². The molecule has 3 N–H and O–H groups in total. The molecule has 0 atom stereocenters. The predicted molar refractivity (Wildman–Crippen MR) is 183 cm³/mol. The van der Waals surface area contributed by atoms with Gasteiger partial charge in [0, 0.05) is 48.0 Å². The van der Waals surface area contributed by atoms with Crippen LogP contribution in [-0.2, 0) is 23.4 Å².